The molecule has 0 aliphatic carbocycles. The van der Waals surface area contributed by atoms with Crippen LogP contribution in [0.15, 0.2) is 42.5 Å². The lowest BCUT2D eigenvalue weighted by Gasteiger charge is -2.44. The Labute approximate surface area is 195 Å². The number of aliphatic hydroxyl groups excluding tert-OH is 1. The van der Waals surface area contributed by atoms with E-state index in [0.29, 0.717) is 27.5 Å². The standard InChI is InChI=1S/C21H17ClN4O6S/c1-10(27)16-14-6-13(15-7-24-9-23-18(22)20(24)33-15)17(25(14)19(16)28)21(29)32-8-11-2-4-12(5-3-11)26(30)31/h2-5,7,9-10,14,16,27H,6,8H2,1H3/t10-,14-,16-/m1/s1. The summed E-state index contributed by atoms with van der Waals surface area (Å²) in [5.41, 5.74) is 1.31. The van der Waals surface area contributed by atoms with Crippen LogP contribution in [0.2, 0.25) is 5.15 Å². The van der Waals surface area contributed by atoms with Gasteiger partial charge in [0.15, 0.2) is 5.15 Å². The number of amides is 1. The molecular formula is C21H17ClN4O6S. The van der Waals surface area contributed by atoms with Crippen molar-refractivity contribution < 1.29 is 24.4 Å². The normalized spacial score (nSPS) is 20.7. The molecule has 2 aliphatic heterocycles. The molecule has 3 aromatic rings. The number of halogens is 1. The highest BCUT2D eigenvalue weighted by Crippen LogP contribution is 2.48. The van der Waals surface area contributed by atoms with Crippen molar-refractivity contribution in [3.8, 4) is 0 Å². The number of aliphatic hydroxyl groups is 1. The summed E-state index contributed by atoms with van der Waals surface area (Å²) in [5, 5.41) is 21.2. The number of hydrogen-bond acceptors (Lipinski definition) is 8. The minimum atomic E-state index is -0.840. The summed E-state index contributed by atoms with van der Waals surface area (Å²) < 4.78 is 7.23. The SMILES string of the molecule is C[C@@H](O)[C@H]1C(=O)N2C(C(=O)OCc3ccc([N+](=O)[O-])cc3)=C(c3cn4cnc(Cl)c4s3)C[C@H]12. The largest absolute Gasteiger partial charge is 0.456 e. The molecule has 170 valence electrons. The lowest BCUT2D eigenvalue weighted by atomic mass is 9.83. The first kappa shape index (κ1) is 21.6. The molecule has 3 atom stereocenters. The van der Waals surface area contributed by atoms with Crippen LogP contribution in [0.5, 0.6) is 0 Å². The number of nitrogens with zero attached hydrogens (tertiary/aromatic N) is 4. The summed E-state index contributed by atoms with van der Waals surface area (Å²) in [6.07, 6.45) is 2.93. The minimum Gasteiger partial charge on any atom is -0.456 e. The van der Waals surface area contributed by atoms with Crippen LogP contribution in [-0.2, 0) is 20.9 Å². The van der Waals surface area contributed by atoms with Gasteiger partial charge in [-0.25, -0.2) is 9.78 Å². The van der Waals surface area contributed by atoms with E-state index in [1.165, 1.54) is 40.5 Å². The van der Waals surface area contributed by atoms with Crippen LogP contribution in [-0.4, -0.2) is 48.3 Å². The van der Waals surface area contributed by atoms with Gasteiger partial charge in [0, 0.05) is 23.9 Å². The number of β-lactam (4-membered cyclic amide) rings is 1. The molecule has 4 heterocycles. The highest BCUT2D eigenvalue weighted by atomic mass is 35.5. The predicted octanol–water partition coefficient (Wildman–Crippen LogP) is 3.02. The van der Waals surface area contributed by atoms with Gasteiger partial charge < -0.3 is 14.7 Å². The molecule has 10 nitrogen and oxygen atoms in total. The molecule has 2 aromatic heterocycles. The fraction of sp³-hybridized carbons (Fsp3) is 0.286. The van der Waals surface area contributed by atoms with E-state index in [-0.39, 0.29) is 29.9 Å². The van der Waals surface area contributed by atoms with Crippen LogP contribution in [0.4, 0.5) is 5.69 Å². The van der Waals surface area contributed by atoms with Gasteiger partial charge in [-0.05, 0) is 31.0 Å². The van der Waals surface area contributed by atoms with Crippen LogP contribution in [0, 0.1) is 16.0 Å². The molecular weight excluding hydrogens is 472 g/mol. The van der Waals surface area contributed by atoms with Gasteiger partial charge >= 0.3 is 5.97 Å². The zero-order valence-corrected chi connectivity index (χ0v) is 18.7. The Morgan fingerprint density at radius 3 is 2.79 bits per heavy atom. The number of fused-ring (bicyclic) bond motifs is 2. The van der Waals surface area contributed by atoms with E-state index in [4.69, 9.17) is 16.3 Å². The maximum absolute atomic E-state index is 13.1. The average molecular weight is 489 g/mol. The number of thiazole rings is 1. The lowest BCUT2D eigenvalue weighted by molar-refractivity contribution is -0.384. The summed E-state index contributed by atoms with van der Waals surface area (Å²) in [6, 6.07) is 5.35. The quantitative estimate of drug-likeness (QED) is 0.244. The monoisotopic (exact) mass is 488 g/mol. The summed E-state index contributed by atoms with van der Waals surface area (Å²) >= 11 is 7.48. The number of carbonyl (C=O) groups excluding carboxylic acids is 2. The number of hydrogen-bond donors (Lipinski definition) is 1. The number of benzene rings is 1. The molecule has 0 spiro atoms. The fourth-order valence-electron chi connectivity index (χ4n) is 4.32. The van der Waals surface area contributed by atoms with E-state index in [9.17, 15) is 24.8 Å². The smallest absolute Gasteiger partial charge is 0.355 e. The second kappa shape index (κ2) is 7.94. The molecule has 1 aromatic carbocycles. The molecule has 2 aliphatic rings. The third-order valence-electron chi connectivity index (χ3n) is 5.91. The zero-order valence-electron chi connectivity index (χ0n) is 17.2. The number of carbonyl (C=O) groups is 2. The molecule has 33 heavy (non-hydrogen) atoms. The van der Waals surface area contributed by atoms with Gasteiger partial charge in [-0.2, -0.15) is 0 Å². The number of rotatable bonds is 6. The van der Waals surface area contributed by atoms with Crippen LogP contribution in [0.3, 0.4) is 0 Å². The van der Waals surface area contributed by atoms with Crippen LogP contribution < -0.4 is 0 Å². The molecule has 0 bridgehead atoms. The summed E-state index contributed by atoms with van der Waals surface area (Å²) in [4.78, 5) is 43.1. The Hall–Kier alpha value is -3.28. The van der Waals surface area contributed by atoms with Crippen molar-refractivity contribution in [3.63, 3.8) is 0 Å². The molecule has 12 heteroatoms. The third-order valence-corrected chi connectivity index (χ3v) is 7.46. The number of nitro benzene ring substituents is 1. The van der Waals surface area contributed by atoms with E-state index >= 15 is 0 Å². The van der Waals surface area contributed by atoms with Gasteiger partial charge in [-0.3, -0.25) is 19.3 Å². The second-order valence-electron chi connectivity index (χ2n) is 7.92. The summed E-state index contributed by atoms with van der Waals surface area (Å²) in [5.74, 6) is -1.59. The number of imidazole rings is 1. The Kier molecular flexibility index (Phi) is 5.19. The van der Waals surface area contributed by atoms with E-state index in [2.05, 4.69) is 4.98 Å². The first-order valence-corrected chi connectivity index (χ1v) is 11.2. The van der Waals surface area contributed by atoms with E-state index in [1.54, 1.807) is 23.8 Å². The number of nitro groups is 1. The first-order valence-electron chi connectivity index (χ1n) is 10.0. The van der Waals surface area contributed by atoms with Crippen molar-refractivity contribution in [1.29, 1.82) is 0 Å². The van der Waals surface area contributed by atoms with Crippen molar-refractivity contribution >= 4 is 50.9 Å². The summed E-state index contributed by atoms with van der Waals surface area (Å²) in [7, 11) is 0. The Bertz CT molecular complexity index is 1330. The Balaban J connectivity index is 1.45. The molecule has 0 radical (unpaired) electrons. The van der Waals surface area contributed by atoms with Gasteiger partial charge in [0.1, 0.15) is 23.5 Å². The average Bonchev–Trinajstić information content (AvgIpc) is 3.44. The number of ether oxygens (including phenoxy) is 1. The molecule has 0 saturated carbocycles. The predicted molar refractivity (Wildman–Crippen MR) is 118 cm³/mol. The van der Waals surface area contributed by atoms with Crippen LogP contribution >= 0.6 is 22.9 Å². The lowest BCUT2D eigenvalue weighted by Crippen LogP contribution is -2.61. The molecule has 1 N–H and O–H groups in total. The van der Waals surface area contributed by atoms with Gasteiger partial charge in [0.25, 0.3) is 5.69 Å². The molecule has 0 unspecified atom stereocenters. The highest BCUT2D eigenvalue weighted by Gasteiger charge is 2.57. The van der Waals surface area contributed by atoms with Gasteiger partial charge in [-0.15, -0.1) is 11.3 Å². The van der Waals surface area contributed by atoms with E-state index in [0.717, 1.165) is 4.88 Å². The van der Waals surface area contributed by atoms with Crippen molar-refractivity contribution in [1.82, 2.24) is 14.3 Å². The topological polar surface area (TPSA) is 127 Å². The number of aromatic nitrogens is 2. The molecule has 1 saturated heterocycles. The number of esters is 1. The minimum absolute atomic E-state index is 0.0636. The molecule has 1 amide bonds. The van der Waals surface area contributed by atoms with Crippen molar-refractivity contribution in [2.45, 2.75) is 32.1 Å². The van der Waals surface area contributed by atoms with Gasteiger partial charge in [-0.1, -0.05) is 11.6 Å². The van der Waals surface area contributed by atoms with E-state index in [1.807, 2.05) is 0 Å². The van der Waals surface area contributed by atoms with Crippen molar-refractivity contribution in [3.05, 3.63) is 68.2 Å². The second-order valence-corrected chi connectivity index (χ2v) is 9.30. The van der Waals surface area contributed by atoms with E-state index < -0.39 is 22.9 Å². The van der Waals surface area contributed by atoms with Gasteiger partial charge in [0.05, 0.1) is 27.9 Å². The van der Waals surface area contributed by atoms with Crippen molar-refractivity contribution in [2.75, 3.05) is 0 Å². The zero-order chi connectivity index (χ0) is 23.4. The number of non-ortho nitro benzene ring substituents is 1. The van der Waals surface area contributed by atoms with Crippen LogP contribution in [0.1, 0.15) is 23.8 Å². The van der Waals surface area contributed by atoms with Crippen LogP contribution in [0.25, 0.3) is 10.4 Å². The van der Waals surface area contributed by atoms with Gasteiger partial charge in [0.2, 0.25) is 5.91 Å². The summed E-state index contributed by atoms with van der Waals surface area (Å²) in [6.45, 7) is 1.45. The Morgan fingerprint density at radius 2 is 2.15 bits per heavy atom. The molecule has 1 fully saturated rings. The first-order chi connectivity index (χ1) is 15.8. The van der Waals surface area contributed by atoms with Crippen molar-refractivity contribution in [2.24, 2.45) is 5.92 Å². The maximum Gasteiger partial charge on any atom is 0.355 e. The highest BCUT2D eigenvalue weighted by molar-refractivity contribution is 7.19. The fourth-order valence-corrected chi connectivity index (χ4v) is 5.60. The third kappa shape index (κ3) is 3.48. The maximum atomic E-state index is 13.1. The molecule has 5 rings (SSSR count). The Morgan fingerprint density at radius 1 is 1.42 bits per heavy atom.